The molecule has 1 aromatic heterocycles. The second kappa shape index (κ2) is 5.60. The molecule has 1 heterocycles. The Hall–Kier alpha value is -1.94. The molecule has 0 aliphatic heterocycles. The van der Waals surface area contributed by atoms with Gasteiger partial charge in [-0.3, -0.25) is 0 Å². The molecule has 2 N–H and O–H groups in total. The Morgan fingerprint density at radius 3 is 2.50 bits per heavy atom. The number of aryl methyl sites for hydroxylation is 2. The highest BCUT2D eigenvalue weighted by Crippen LogP contribution is 2.18. The number of rotatable bonds is 4. The molecule has 0 aliphatic carbocycles. The van der Waals surface area contributed by atoms with Crippen LogP contribution in [0.15, 0.2) is 30.3 Å². The van der Waals surface area contributed by atoms with E-state index in [1.807, 2.05) is 37.3 Å². The van der Waals surface area contributed by atoms with Crippen molar-refractivity contribution in [3.63, 3.8) is 0 Å². The summed E-state index contributed by atoms with van der Waals surface area (Å²) in [4.78, 5) is 8.87. The van der Waals surface area contributed by atoms with Crippen molar-refractivity contribution < 1.29 is 5.11 Å². The van der Waals surface area contributed by atoms with Crippen molar-refractivity contribution in [3.05, 3.63) is 41.6 Å². The van der Waals surface area contributed by atoms with E-state index in [4.69, 9.17) is 5.11 Å². The SMILES string of the molecule is Cc1ccc(-c2nc(C)cc(NCCO)n2)cc1. The van der Waals surface area contributed by atoms with Crippen LogP contribution in [0.4, 0.5) is 5.82 Å². The summed E-state index contributed by atoms with van der Waals surface area (Å²) in [7, 11) is 0. The maximum atomic E-state index is 8.81. The van der Waals surface area contributed by atoms with Crippen LogP contribution in [0.2, 0.25) is 0 Å². The van der Waals surface area contributed by atoms with Crippen LogP contribution in [0, 0.1) is 13.8 Å². The molecule has 4 heteroatoms. The molecule has 0 radical (unpaired) electrons. The molecule has 0 spiro atoms. The highest BCUT2D eigenvalue weighted by molar-refractivity contribution is 5.58. The van der Waals surface area contributed by atoms with Crippen LogP contribution in [0.25, 0.3) is 11.4 Å². The third-order valence-corrected chi connectivity index (χ3v) is 2.58. The van der Waals surface area contributed by atoms with E-state index in [1.54, 1.807) is 0 Å². The van der Waals surface area contributed by atoms with Gasteiger partial charge < -0.3 is 10.4 Å². The monoisotopic (exact) mass is 243 g/mol. The number of aromatic nitrogens is 2. The minimum absolute atomic E-state index is 0.0862. The fourth-order valence-electron chi connectivity index (χ4n) is 1.67. The number of hydrogen-bond donors (Lipinski definition) is 2. The summed E-state index contributed by atoms with van der Waals surface area (Å²) < 4.78 is 0. The minimum atomic E-state index is 0.0862. The van der Waals surface area contributed by atoms with Gasteiger partial charge in [-0.1, -0.05) is 29.8 Å². The van der Waals surface area contributed by atoms with E-state index >= 15 is 0 Å². The Labute approximate surface area is 107 Å². The van der Waals surface area contributed by atoms with Crippen molar-refractivity contribution in [3.8, 4) is 11.4 Å². The zero-order valence-electron chi connectivity index (χ0n) is 10.6. The van der Waals surface area contributed by atoms with Crippen LogP contribution in [0.1, 0.15) is 11.3 Å². The van der Waals surface area contributed by atoms with E-state index < -0.39 is 0 Å². The Balaban J connectivity index is 2.32. The molecule has 0 unspecified atom stereocenters. The number of nitrogens with one attached hydrogen (secondary N) is 1. The predicted molar refractivity (Wildman–Crippen MR) is 72.5 cm³/mol. The summed E-state index contributed by atoms with van der Waals surface area (Å²) in [6.45, 7) is 4.56. The van der Waals surface area contributed by atoms with Gasteiger partial charge in [0.15, 0.2) is 5.82 Å². The lowest BCUT2D eigenvalue weighted by Gasteiger charge is -2.07. The zero-order chi connectivity index (χ0) is 13.0. The predicted octanol–water partition coefficient (Wildman–Crippen LogP) is 2.16. The quantitative estimate of drug-likeness (QED) is 0.864. The average molecular weight is 243 g/mol. The van der Waals surface area contributed by atoms with E-state index in [9.17, 15) is 0 Å². The first-order chi connectivity index (χ1) is 8.69. The summed E-state index contributed by atoms with van der Waals surface area (Å²) >= 11 is 0. The molecule has 94 valence electrons. The molecule has 0 atom stereocenters. The van der Waals surface area contributed by atoms with E-state index in [0.717, 1.165) is 17.1 Å². The normalized spacial score (nSPS) is 10.4. The maximum absolute atomic E-state index is 8.81. The molecule has 0 fully saturated rings. The first-order valence-corrected chi connectivity index (χ1v) is 5.96. The molecule has 2 rings (SSSR count). The molecule has 0 bridgehead atoms. The van der Waals surface area contributed by atoms with Gasteiger partial charge in [-0.05, 0) is 13.8 Å². The molecule has 0 amide bonds. The Kier molecular flexibility index (Phi) is 3.89. The highest BCUT2D eigenvalue weighted by Gasteiger charge is 2.04. The standard InChI is InChI=1S/C14H17N3O/c1-10-3-5-12(6-4-10)14-16-11(2)9-13(17-14)15-7-8-18/h3-6,9,18H,7-8H2,1-2H3,(H,15,16,17). The second-order valence-corrected chi connectivity index (χ2v) is 4.23. The summed E-state index contributed by atoms with van der Waals surface area (Å²) in [6, 6.07) is 9.98. The molecule has 18 heavy (non-hydrogen) atoms. The van der Waals surface area contributed by atoms with E-state index in [2.05, 4.69) is 22.2 Å². The van der Waals surface area contributed by atoms with E-state index in [1.165, 1.54) is 5.56 Å². The van der Waals surface area contributed by atoms with Crippen molar-refractivity contribution in [2.45, 2.75) is 13.8 Å². The van der Waals surface area contributed by atoms with Gasteiger partial charge in [-0.25, -0.2) is 9.97 Å². The van der Waals surface area contributed by atoms with Crippen molar-refractivity contribution in [1.82, 2.24) is 9.97 Å². The van der Waals surface area contributed by atoms with E-state index in [-0.39, 0.29) is 6.61 Å². The van der Waals surface area contributed by atoms with Gasteiger partial charge in [0, 0.05) is 23.9 Å². The summed E-state index contributed by atoms with van der Waals surface area (Å²) in [5.41, 5.74) is 3.11. The molecule has 0 saturated heterocycles. The molecule has 0 aliphatic rings. The van der Waals surface area contributed by atoms with Crippen LogP contribution in [0.3, 0.4) is 0 Å². The first-order valence-electron chi connectivity index (χ1n) is 5.96. The molecule has 0 saturated carbocycles. The summed E-state index contributed by atoms with van der Waals surface area (Å²) in [5.74, 6) is 1.45. The van der Waals surface area contributed by atoms with Crippen LogP contribution >= 0.6 is 0 Å². The largest absolute Gasteiger partial charge is 0.395 e. The lowest BCUT2D eigenvalue weighted by atomic mass is 10.1. The van der Waals surface area contributed by atoms with Gasteiger partial charge in [0.05, 0.1) is 6.61 Å². The third kappa shape index (κ3) is 3.05. The van der Waals surface area contributed by atoms with Gasteiger partial charge in [0.25, 0.3) is 0 Å². The van der Waals surface area contributed by atoms with Crippen LogP contribution in [-0.2, 0) is 0 Å². The third-order valence-electron chi connectivity index (χ3n) is 2.58. The Morgan fingerprint density at radius 2 is 1.83 bits per heavy atom. The lowest BCUT2D eigenvalue weighted by Crippen LogP contribution is -2.08. The number of aliphatic hydroxyl groups is 1. The Morgan fingerprint density at radius 1 is 1.11 bits per heavy atom. The fourth-order valence-corrected chi connectivity index (χ4v) is 1.67. The zero-order valence-corrected chi connectivity index (χ0v) is 10.6. The molecular weight excluding hydrogens is 226 g/mol. The molecule has 4 nitrogen and oxygen atoms in total. The van der Waals surface area contributed by atoms with E-state index in [0.29, 0.717) is 12.4 Å². The molecular formula is C14H17N3O. The number of benzene rings is 1. The highest BCUT2D eigenvalue weighted by atomic mass is 16.3. The molecule has 2 aromatic rings. The van der Waals surface area contributed by atoms with Crippen LogP contribution < -0.4 is 5.32 Å². The first kappa shape index (κ1) is 12.5. The number of aliphatic hydroxyl groups excluding tert-OH is 1. The van der Waals surface area contributed by atoms with Gasteiger partial charge in [0.1, 0.15) is 5.82 Å². The summed E-state index contributed by atoms with van der Waals surface area (Å²) in [5, 5.41) is 11.9. The van der Waals surface area contributed by atoms with Gasteiger partial charge in [0.2, 0.25) is 0 Å². The topological polar surface area (TPSA) is 58.0 Å². The van der Waals surface area contributed by atoms with Crippen molar-refractivity contribution in [2.75, 3.05) is 18.5 Å². The molecule has 1 aromatic carbocycles. The smallest absolute Gasteiger partial charge is 0.161 e. The van der Waals surface area contributed by atoms with Gasteiger partial charge >= 0.3 is 0 Å². The van der Waals surface area contributed by atoms with Crippen molar-refractivity contribution in [2.24, 2.45) is 0 Å². The van der Waals surface area contributed by atoms with Crippen LogP contribution in [0.5, 0.6) is 0 Å². The maximum Gasteiger partial charge on any atom is 0.161 e. The number of hydrogen-bond acceptors (Lipinski definition) is 4. The van der Waals surface area contributed by atoms with Crippen molar-refractivity contribution >= 4 is 5.82 Å². The number of anilines is 1. The summed E-state index contributed by atoms with van der Waals surface area (Å²) in [6.07, 6.45) is 0. The Bertz CT molecular complexity index is 523. The van der Waals surface area contributed by atoms with Gasteiger partial charge in [-0.2, -0.15) is 0 Å². The van der Waals surface area contributed by atoms with Gasteiger partial charge in [-0.15, -0.1) is 0 Å². The minimum Gasteiger partial charge on any atom is -0.395 e. The average Bonchev–Trinajstić information content (AvgIpc) is 2.36. The fraction of sp³-hybridized carbons (Fsp3) is 0.286. The lowest BCUT2D eigenvalue weighted by molar-refractivity contribution is 0.311. The number of nitrogens with zero attached hydrogens (tertiary/aromatic N) is 2. The van der Waals surface area contributed by atoms with Crippen LogP contribution in [-0.4, -0.2) is 28.2 Å². The second-order valence-electron chi connectivity index (χ2n) is 4.23. The van der Waals surface area contributed by atoms with Crippen molar-refractivity contribution in [1.29, 1.82) is 0 Å².